The van der Waals surface area contributed by atoms with Gasteiger partial charge in [-0.05, 0) is 0 Å². The quantitative estimate of drug-likeness (QED) is 0.622. The Bertz CT molecular complexity index is 160. The number of hydrogen-bond donors (Lipinski definition) is 0. The van der Waals surface area contributed by atoms with Gasteiger partial charge < -0.3 is 0 Å². The maximum Gasteiger partial charge on any atom is 0.0832 e. The first kappa shape index (κ1) is 14.0. The average Bonchev–Trinajstić information content (AvgIpc) is 2.17. The Morgan fingerprint density at radius 2 is 1.91 bits per heavy atom. The van der Waals surface area contributed by atoms with Crippen LogP contribution in [0.2, 0.25) is 0 Å². The summed E-state index contributed by atoms with van der Waals surface area (Å²) in [7, 11) is 0. The average molecular weight is 231 g/mol. The molecule has 1 aromatic rings. The molecule has 63 valence electrons. The van der Waals surface area contributed by atoms with Gasteiger partial charge in [-0.2, -0.15) is 21.5 Å². The Kier molecular flexibility index (Phi) is 10.9. The molecule has 1 radical (unpaired) electrons. The van der Waals surface area contributed by atoms with E-state index in [2.05, 4.69) is 59.6 Å². The van der Waals surface area contributed by atoms with Gasteiger partial charge in [-0.15, -0.1) is 0 Å². The van der Waals surface area contributed by atoms with Crippen molar-refractivity contribution in [2.45, 2.75) is 13.8 Å². The zero-order chi connectivity index (χ0) is 7.98. The topological polar surface area (TPSA) is 9.23 Å². The van der Waals surface area contributed by atoms with Crippen LogP contribution in [-0.4, -0.2) is 0 Å². The SMILES string of the molecule is Cc1cc[c-](C)c1.ClOCl.[V]. The third-order valence-corrected chi connectivity index (χ3v) is 1.06. The van der Waals surface area contributed by atoms with Crippen molar-refractivity contribution in [3.8, 4) is 0 Å². The molecule has 0 saturated heterocycles. The van der Waals surface area contributed by atoms with E-state index >= 15 is 0 Å². The van der Waals surface area contributed by atoms with E-state index < -0.39 is 0 Å². The number of halogens is 2. The normalized spacial score (nSPS) is 7.64. The van der Waals surface area contributed by atoms with E-state index in [0.29, 0.717) is 0 Å². The zero-order valence-corrected chi connectivity index (χ0v) is 9.25. The molecule has 0 saturated carbocycles. The van der Waals surface area contributed by atoms with Gasteiger partial charge in [0.15, 0.2) is 0 Å². The van der Waals surface area contributed by atoms with E-state index in [1.165, 1.54) is 11.1 Å². The molecule has 11 heavy (non-hydrogen) atoms. The summed E-state index contributed by atoms with van der Waals surface area (Å²) in [5.41, 5.74) is 2.72. The molecular formula is C7H9Cl2OV-. The van der Waals surface area contributed by atoms with Crippen molar-refractivity contribution < 1.29 is 22.4 Å². The van der Waals surface area contributed by atoms with Crippen LogP contribution >= 0.6 is 23.7 Å². The number of aryl methyl sites for hydroxylation is 2. The molecule has 4 heteroatoms. The molecule has 0 spiro atoms. The monoisotopic (exact) mass is 230 g/mol. The summed E-state index contributed by atoms with van der Waals surface area (Å²) in [5.74, 6) is 0. The van der Waals surface area contributed by atoms with Crippen LogP contribution in [0.25, 0.3) is 0 Å². The van der Waals surface area contributed by atoms with Crippen LogP contribution in [-0.2, 0) is 22.4 Å². The van der Waals surface area contributed by atoms with Gasteiger partial charge in [0.1, 0.15) is 0 Å². The van der Waals surface area contributed by atoms with Crippen LogP contribution in [0, 0.1) is 13.8 Å². The van der Waals surface area contributed by atoms with Gasteiger partial charge in [0, 0.05) is 18.6 Å². The van der Waals surface area contributed by atoms with Crippen molar-refractivity contribution in [3.63, 3.8) is 0 Å². The summed E-state index contributed by atoms with van der Waals surface area (Å²) in [5, 5.41) is 0. The summed E-state index contributed by atoms with van der Waals surface area (Å²) < 4.78 is 3.19. The Morgan fingerprint density at radius 1 is 1.45 bits per heavy atom. The van der Waals surface area contributed by atoms with Gasteiger partial charge in [0.25, 0.3) is 0 Å². The molecular weight excluding hydrogens is 222 g/mol. The smallest absolute Gasteiger partial charge is 0.0832 e. The van der Waals surface area contributed by atoms with Gasteiger partial charge in [-0.25, -0.2) is 11.6 Å². The second-order valence-corrected chi connectivity index (χ2v) is 2.49. The third kappa shape index (κ3) is 8.38. The van der Waals surface area contributed by atoms with Gasteiger partial charge in [-0.1, -0.05) is 13.8 Å². The number of hydrogen-bond acceptors (Lipinski definition) is 1. The largest absolute Gasteiger partial charge is 0.211 e. The molecule has 1 rings (SSSR count). The second kappa shape index (κ2) is 8.57. The molecule has 1 aromatic carbocycles. The summed E-state index contributed by atoms with van der Waals surface area (Å²) in [6, 6.07) is 6.41. The zero-order valence-electron chi connectivity index (χ0n) is 6.34. The Hall–Kier alpha value is 0.474. The summed E-state index contributed by atoms with van der Waals surface area (Å²) >= 11 is 8.53. The minimum atomic E-state index is 0. The van der Waals surface area contributed by atoms with E-state index in [1.807, 2.05) is 0 Å². The molecule has 0 aliphatic heterocycles. The van der Waals surface area contributed by atoms with E-state index in [4.69, 9.17) is 0 Å². The Morgan fingerprint density at radius 3 is 2.00 bits per heavy atom. The van der Waals surface area contributed by atoms with Crippen LogP contribution < -0.4 is 0 Å². The van der Waals surface area contributed by atoms with Crippen LogP contribution in [0.5, 0.6) is 0 Å². The van der Waals surface area contributed by atoms with E-state index in [0.717, 1.165) is 0 Å². The van der Waals surface area contributed by atoms with Crippen LogP contribution in [0.15, 0.2) is 18.2 Å². The molecule has 0 unspecified atom stereocenters. The first-order valence-electron chi connectivity index (χ1n) is 2.80. The minimum absolute atomic E-state index is 0. The van der Waals surface area contributed by atoms with E-state index in [-0.39, 0.29) is 18.6 Å². The Balaban J connectivity index is 0. The maximum atomic E-state index is 4.26. The number of rotatable bonds is 0. The van der Waals surface area contributed by atoms with Crippen molar-refractivity contribution in [2.75, 3.05) is 0 Å². The van der Waals surface area contributed by atoms with Crippen molar-refractivity contribution in [1.29, 1.82) is 0 Å². The fraction of sp³-hybridized carbons (Fsp3) is 0.286. The van der Waals surface area contributed by atoms with Crippen LogP contribution in [0.4, 0.5) is 0 Å². The van der Waals surface area contributed by atoms with Gasteiger partial charge in [0.05, 0.1) is 23.7 Å². The fourth-order valence-electron chi connectivity index (χ4n) is 0.718. The molecule has 0 bridgehead atoms. The van der Waals surface area contributed by atoms with E-state index in [1.54, 1.807) is 0 Å². The van der Waals surface area contributed by atoms with Gasteiger partial charge in [-0.3, -0.25) is 0 Å². The molecule has 0 aromatic heterocycles. The minimum Gasteiger partial charge on any atom is -0.211 e. The van der Waals surface area contributed by atoms with Crippen molar-refractivity contribution in [2.24, 2.45) is 0 Å². The van der Waals surface area contributed by atoms with Crippen LogP contribution in [0.3, 0.4) is 0 Å². The molecule has 0 amide bonds. The molecule has 0 fully saturated rings. The fourth-order valence-corrected chi connectivity index (χ4v) is 0.718. The molecule has 1 nitrogen and oxygen atoms in total. The van der Waals surface area contributed by atoms with Gasteiger partial charge >= 0.3 is 0 Å². The van der Waals surface area contributed by atoms with E-state index in [9.17, 15) is 0 Å². The molecule has 0 aliphatic carbocycles. The molecule has 0 aliphatic rings. The standard InChI is InChI=1S/C7H9.Cl2O.V/c1-6-3-4-7(2)5-6;1-3-2;/h3-5H,1-2H3;;/q-1;;. The first-order chi connectivity index (χ1) is 4.70. The predicted octanol–water partition coefficient (Wildman–Crippen LogP) is 3.33. The first-order valence-corrected chi connectivity index (χ1v) is 3.41. The van der Waals surface area contributed by atoms with Crippen molar-refractivity contribution in [1.82, 2.24) is 0 Å². The molecule has 0 N–H and O–H groups in total. The summed E-state index contributed by atoms with van der Waals surface area (Å²) in [6.07, 6.45) is 0. The predicted molar refractivity (Wildman–Crippen MR) is 44.3 cm³/mol. The van der Waals surface area contributed by atoms with Crippen molar-refractivity contribution in [3.05, 3.63) is 29.3 Å². The second-order valence-electron chi connectivity index (χ2n) is 2.02. The van der Waals surface area contributed by atoms with Crippen molar-refractivity contribution >= 4 is 23.7 Å². The molecule has 0 heterocycles. The van der Waals surface area contributed by atoms with Gasteiger partial charge in [0.2, 0.25) is 0 Å². The summed E-state index contributed by atoms with van der Waals surface area (Å²) in [4.78, 5) is 0. The maximum absolute atomic E-state index is 4.26. The molecule has 0 atom stereocenters. The Labute approximate surface area is 89.2 Å². The summed E-state index contributed by atoms with van der Waals surface area (Å²) in [6.45, 7) is 4.21. The third-order valence-electron chi connectivity index (χ3n) is 1.06. The van der Waals surface area contributed by atoms with Crippen LogP contribution in [0.1, 0.15) is 11.1 Å².